The summed E-state index contributed by atoms with van der Waals surface area (Å²) < 4.78 is 39.3. The summed E-state index contributed by atoms with van der Waals surface area (Å²) in [5.74, 6) is -0.0697. The van der Waals surface area contributed by atoms with E-state index in [9.17, 15) is 18.1 Å². The minimum absolute atomic E-state index is 0. The maximum absolute atomic E-state index is 12.1. The van der Waals surface area contributed by atoms with Crippen LogP contribution in [-0.4, -0.2) is 13.0 Å². The molecule has 0 amide bonds. The third kappa shape index (κ3) is 9.51. The van der Waals surface area contributed by atoms with Crippen molar-refractivity contribution in [2.24, 2.45) is 0 Å². The zero-order valence-corrected chi connectivity index (χ0v) is 21.3. The van der Waals surface area contributed by atoms with Crippen molar-refractivity contribution in [2.75, 3.05) is 0 Å². The van der Waals surface area contributed by atoms with Crippen LogP contribution in [0.3, 0.4) is 0 Å². The van der Waals surface area contributed by atoms with Crippen LogP contribution in [-0.2, 0) is 16.5 Å². The molecule has 1 N–H and O–H groups in total. The van der Waals surface area contributed by atoms with E-state index in [0.29, 0.717) is 17.7 Å². The van der Waals surface area contributed by atoms with Crippen LogP contribution in [0.5, 0.6) is 17.2 Å². The second kappa shape index (κ2) is 13.8. The molecule has 0 heterocycles. The number of benzene rings is 2. The SMILES string of the molecule is CCCCCCCCCCc1cc([O-])cc(Oc2ccccc2)c1S(=O)(=O)O.[K+]. The van der Waals surface area contributed by atoms with Crippen molar-refractivity contribution < 1.29 is 74.2 Å². The van der Waals surface area contributed by atoms with Gasteiger partial charge < -0.3 is 9.84 Å². The molecule has 29 heavy (non-hydrogen) atoms. The fourth-order valence-corrected chi connectivity index (χ4v) is 4.10. The Balaban J connectivity index is 0.00000420. The Morgan fingerprint density at radius 1 is 0.931 bits per heavy atom. The molecule has 154 valence electrons. The van der Waals surface area contributed by atoms with Gasteiger partial charge >= 0.3 is 51.4 Å². The number of rotatable bonds is 12. The van der Waals surface area contributed by atoms with Crippen molar-refractivity contribution in [2.45, 2.75) is 69.6 Å². The number of hydrogen-bond donors (Lipinski definition) is 1. The summed E-state index contributed by atoms with van der Waals surface area (Å²) in [5, 5.41) is 12.1. The largest absolute Gasteiger partial charge is 1.00 e. The molecule has 0 aliphatic heterocycles. The molecule has 0 saturated heterocycles. The maximum Gasteiger partial charge on any atom is 1.00 e. The summed E-state index contributed by atoms with van der Waals surface area (Å²) in [6, 6.07) is 11.0. The first-order chi connectivity index (χ1) is 13.4. The molecule has 7 heteroatoms. The average Bonchev–Trinajstić information content (AvgIpc) is 2.63. The Hall–Kier alpha value is -0.414. The molecule has 0 aliphatic carbocycles. The topological polar surface area (TPSA) is 86.7 Å². The van der Waals surface area contributed by atoms with Gasteiger partial charge in [0.2, 0.25) is 0 Å². The third-order valence-electron chi connectivity index (χ3n) is 4.63. The van der Waals surface area contributed by atoms with E-state index < -0.39 is 10.1 Å². The molecule has 0 unspecified atom stereocenters. The predicted molar refractivity (Wildman–Crippen MR) is 109 cm³/mol. The summed E-state index contributed by atoms with van der Waals surface area (Å²) >= 11 is 0. The summed E-state index contributed by atoms with van der Waals surface area (Å²) in [4.78, 5) is -0.307. The molecule has 2 rings (SSSR count). The Bertz CT molecular complexity index is 838. The minimum atomic E-state index is -4.52. The molecule has 0 spiro atoms. The number of ether oxygens (including phenoxy) is 1. The summed E-state index contributed by atoms with van der Waals surface area (Å²) in [6.45, 7) is 2.19. The van der Waals surface area contributed by atoms with Crippen LogP contribution in [0.2, 0.25) is 0 Å². The smallest absolute Gasteiger partial charge is 0.872 e. The van der Waals surface area contributed by atoms with Crippen molar-refractivity contribution in [3.05, 3.63) is 48.0 Å². The molecular formula is C22H29KO5S. The molecule has 0 atom stereocenters. The maximum atomic E-state index is 12.1. The number of aryl methyl sites for hydroxylation is 1. The van der Waals surface area contributed by atoms with E-state index in [4.69, 9.17) is 4.74 Å². The van der Waals surface area contributed by atoms with E-state index in [2.05, 4.69) is 6.92 Å². The monoisotopic (exact) mass is 444 g/mol. The van der Waals surface area contributed by atoms with Crippen LogP contribution in [0.4, 0.5) is 0 Å². The summed E-state index contributed by atoms with van der Waals surface area (Å²) in [6.07, 6.45) is 9.31. The first-order valence-electron chi connectivity index (χ1n) is 9.96. The van der Waals surface area contributed by atoms with Gasteiger partial charge in [-0.15, -0.1) is 5.75 Å². The molecule has 2 aromatic carbocycles. The standard InChI is InChI=1S/C22H30O5S.K/c1-2-3-4-5-6-7-8-10-13-18-16-19(23)17-21(22(18)28(24,25)26)27-20-14-11-9-12-15-20;/h9,11-12,14-17,23H,2-8,10,13H2,1H3,(H,24,25,26);/q;+1/p-1. The van der Waals surface area contributed by atoms with Gasteiger partial charge in [0.25, 0.3) is 10.1 Å². The van der Waals surface area contributed by atoms with Crippen molar-refractivity contribution >= 4 is 10.1 Å². The first kappa shape index (κ1) is 26.6. The Morgan fingerprint density at radius 2 is 1.52 bits per heavy atom. The van der Waals surface area contributed by atoms with E-state index in [-0.39, 0.29) is 67.8 Å². The summed E-state index contributed by atoms with van der Waals surface area (Å²) in [5.41, 5.74) is 0.312. The van der Waals surface area contributed by atoms with Crippen LogP contribution >= 0.6 is 0 Å². The molecule has 0 fully saturated rings. The van der Waals surface area contributed by atoms with Crippen molar-refractivity contribution in [1.82, 2.24) is 0 Å². The Morgan fingerprint density at radius 3 is 2.10 bits per heavy atom. The van der Waals surface area contributed by atoms with Crippen LogP contribution in [0.15, 0.2) is 47.4 Å². The van der Waals surface area contributed by atoms with Gasteiger partial charge in [-0.05, 0) is 36.6 Å². The van der Waals surface area contributed by atoms with Gasteiger partial charge in [-0.25, -0.2) is 0 Å². The van der Waals surface area contributed by atoms with Gasteiger partial charge in [-0.2, -0.15) is 8.42 Å². The fraction of sp³-hybridized carbons (Fsp3) is 0.455. The Kier molecular flexibility index (Phi) is 12.7. The zero-order chi connectivity index (χ0) is 20.4. The van der Waals surface area contributed by atoms with Crippen molar-refractivity contribution in [1.29, 1.82) is 0 Å². The first-order valence-corrected chi connectivity index (χ1v) is 11.4. The van der Waals surface area contributed by atoms with Gasteiger partial charge in [0, 0.05) is 0 Å². The summed E-state index contributed by atoms with van der Waals surface area (Å²) in [7, 11) is -4.52. The predicted octanol–water partition coefficient (Wildman–Crippen LogP) is 2.49. The van der Waals surface area contributed by atoms with E-state index in [1.54, 1.807) is 30.3 Å². The number of para-hydroxylation sites is 1. The Labute approximate surface area is 217 Å². The quantitative estimate of drug-likeness (QED) is 0.309. The van der Waals surface area contributed by atoms with Crippen LogP contribution in [0.25, 0.3) is 0 Å². The fourth-order valence-electron chi connectivity index (χ4n) is 3.25. The van der Waals surface area contributed by atoms with Gasteiger partial charge in [-0.1, -0.05) is 76.1 Å². The number of unbranched alkanes of at least 4 members (excludes halogenated alkanes) is 7. The number of hydrogen-bond acceptors (Lipinski definition) is 4. The molecule has 5 nitrogen and oxygen atoms in total. The van der Waals surface area contributed by atoms with Gasteiger partial charge in [-0.3, -0.25) is 4.55 Å². The molecule has 0 aromatic heterocycles. The molecule has 0 saturated carbocycles. The third-order valence-corrected chi connectivity index (χ3v) is 5.61. The van der Waals surface area contributed by atoms with Crippen LogP contribution in [0.1, 0.15) is 63.9 Å². The van der Waals surface area contributed by atoms with Crippen LogP contribution < -0.4 is 61.2 Å². The van der Waals surface area contributed by atoms with Crippen LogP contribution in [0, 0.1) is 0 Å². The van der Waals surface area contributed by atoms with E-state index in [0.717, 1.165) is 31.7 Å². The van der Waals surface area contributed by atoms with E-state index in [1.165, 1.54) is 31.7 Å². The molecule has 2 aromatic rings. The second-order valence-corrected chi connectivity index (χ2v) is 8.38. The zero-order valence-electron chi connectivity index (χ0n) is 17.4. The molecule has 0 aliphatic rings. The van der Waals surface area contributed by atoms with Gasteiger partial charge in [0.05, 0.1) is 0 Å². The van der Waals surface area contributed by atoms with E-state index in [1.807, 2.05) is 0 Å². The van der Waals surface area contributed by atoms with Gasteiger partial charge in [0.15, 0.2) is 0 Å². The molecule has 0 radical (unpaired) electrons. The van der Waals surface area contributed by atoms with Crippen molar-refractivity contribution in [3.8, 4) is 17.2 Å². The molecular weight excluding hydrogens is 415 g/mol. The van der Waals surface area contributed by atoms with Crippen molar-refractivity contribution in [3.63, 3.8) is 0 Å². The van der Waals surface area contributed by atoms with E-state index >= 15 is 0 Å². The minimum Gasteiger partial charge on any atom is -0.872 e. The normalized spacial score (nSPS) is 11.1. The average molecular weight is 445 g/mol. The molecule has 0 bridgehead atoms. The van der Waals surface area contributed by atoms with Gasteiger partial charge in [0.1, 0.15) is 16.4 Å². The second-order valence-electron chi connectivity index (χ2n) is 7.02.